The van der Waals surface area contributed by atoms with Crippen molar-refractivity contribution >= 4 is 32.7 Å². The zero-order valence-corrected chi connectivity index (χ0v) is 20.9. The number of methoxy groups -OCH3 is 2. The van der Waals surface area contributed by atoms with Crippen LogP contribution in [-0.2, 0) is 4.79 Å². The van der Waals surface area contributed by atoms with E-state index in [2.05, 4.69) is 15.9 Å². The van der Waals surface area contributed by atoms with E-state index in [1.807, 2.05) is 36.9 Å². The Labute approximate surface area is 201 Å². The molecule has 1 fully saturated rings. The highest BCUT2D eigenvalue weighted by Crippen LogP contribution is 2.37. The van der Waals surface area contributed by atoms with Gasteiger partial charge < -0.3 is 14.4 Å². The molecule has 1 aliphatic carbocycles. The van der Waals surface area contributed by atoms with E-state index in [0.29, 0.717) is 44.9 Å². The largest absolute Gasteiger partial charge is 0.497 e. The van der Waals surface area contributed by atoms with Crippen molar-refractivity contribution in [2.45, 2.75) is 39.2 Å². The third-order valence-electron chi connectivity index (χ3n) is 6.41. The molecule has 8 heteroatoms. The zero-order valence-electron chi connectivity index (χ0n) is 19.3. The summed E-state index contributed by atoms with van der Waals surface area (Å²) in [6.07, 6.45) is 2.91. The van der Waals surface area contributed by atoms with Crippen molar-refractivity contribution in [2.24, 2.45) is 5.92 Å². The molecular weight excluding hydrogens is 486 g/mol. The number of aromatic nitrogens is 2. The molecule has 0 aliphatic heterocycles. The highest BCUT2D eigenvalue weighted by molar-refractivity contribution is 9.10. The van der Waals surface area contributed by atoms with Crippen molar-refractivity contribution in [3.05, 3.63) is 57.0 Å². The molecule has 0 bridgehead atoms. The maximum Gasteiger partial charge on any atom is 0.266 e. The number of hydrogen-bond acceptors (Lipinski definition) is 5. The molecule has 33 heavy (non-hydrogen) atoms. The van der Waals surface area contributed by atoms with Gasteiger partial charge in [-0.25, -0.2) is 4.98 Å². The predicted molar refractivity (Wildman–Crippen MR) is 131 cm³/mol. The van der Waals surface area contributed by atoms with Gasteiger partial charge in [-0.1, -0.05) is 18.6 Å². The third-order valence-corrected chi connectivity index (χ3v) is 7.21. The fourth-order valence-electron chi connectivity index (χ4n) is 4.30. The molecule has 1 heterocycles. The normalized spacial score (nSPS) is 14.6. The van der Waals surface area contributed by atoms with Gasteiger partial charge in [-0.15, -0.1) is 0 Å². The van der Waals surface area contributed by atoms with Crippen LogP contribution >= 0.6 is 15.9 Å². The van der Waals surface area contributed by atoms with E-state index in [1.54, 1.807) is 37.0 Å². The van der Waals surface area contributed by atoms with Crippen molar-refractivity contribution in [1.29, 1.82) is 0 Å². The summed E-state index contributed by atoms with van der Waals surface area (Å²) >= 11 is 3.60. The van der Waals surface area contributed by atoms with E-state index in [1.165, 1.54) is 0 Å². The molecular formula is C25H28BrN3O4. The van der Waals surface area contributed by atoms with Crippen LogP contribution in [0.5, 0.6) is 11.5 Å². The Hall–Kier alpha value is -2.87. The molecule has 0 saturated heterocycles. The second-order valence-electron chi connectivity index (χ2n) is 8.22. The van der Waals surface area contributed by atoms with Gasteiger partial charge in [0.25, 0.3) is 5.56 Å². The first-order chi connectivity index (χ1) is 15.9. The van der Waals surface area contributed by atoms with Crippen LogP contribution in [0.3, 0.4) is 0 Å². The number of ether oxygens (including phenoxy) is 2. The van der Waals surface area contributed by atoms with E-state index in [4.69, 9.17) is 14.5 Å². The van der Waals surface area contributed by atoms with Gasteiger partial charge in [-0.05, 0) is 54.8 Å². The summed E-state index contributed by atoms with van der Waals surface area (Å²) in [5.74, 6) is 1.73. The maximum absolute atomic E-state index is 13.8. The van der Waals surface area contributed by atoms with Gasteiger partial charge in [0.2, 0.25) is 5.91 Å². The Bertz CT molecular complexity index is 1250. The lowest BCUT2D eigenvalue weighted by Crippen LogP contribution is -2.42. The number of carbonyl (C=O) groups is 1. The lowest BCUT2D eigenvalue weighted by atomic mass is 9.84. The maximum atomic E-state index is 13.8. The molecule has 1 saturated carbocycles. The Morgan fingerprint density at radius 1 is 1.24 bits per heavy atom. The zero-order chi connectivity index (χ0) is 23.7. The van der Waals surface area contributed by atoms with E-state index in [0.717, 1.165) is 19.3 Å². The smallest absolute Gasteiger partial charge is 0.266 e. The molecule has 7 nitrogen and oxygen atoms in total. The molecule has 174 valence electrons. The van der Waals surface area contributed by atoms with E-state index < -0.39 is 6.04 Å². The molecule has 1 atom stereocenters. The minimum Gasteiger partial charge on any atom is -0.497 e. The average Bonchev–Trinajstić information content (AvgIpc) is 2.78. The number of fused-ring (bicyclic) bond motifs is 1. The van der Waals surface area contributed by atoms with Gasteiger partial charge in [0, 0.05) is 24.6 Å². The fraction of sp³-hybridized carbons (Fsp3) is 0.400. The average molecular weight is 514 g/mol. The van der Waals surface area contributed by atoms with E-state index >= 15 is 0 Å². The Morgan fingerprint density at radius 3 is 2.58 bits per heavy atom. The van der Waals surface area contributed by atoms with Crippen LogP contribution < -0.4 is 15.0 Å². The summed E-state index contributed by atoms with van der Waals surface area (Å²) < 4.78 is 13.1. The van der Waals surface area contributed by atoms with Gasteiger partial charge in [-0.2, -0.15) is 0 Å². The molecule has 0 radical (unpaired) electrons. The standard InChI is InChI=1S/C25H28BrN3O4/c1-5-28(24(30)16-9-8-10-16)15(2)23-27-19-12-7-6-11-18(19)25(31)29(23)20-13-17(32-3)14-21(33-4)22(20)26/h6-7,11-16H,5,8-10H2,1-4H3. The number of benzene rings is 2. The van der Waals surface area contributed by atoms with Crippen molar-refractivity contribution < 1.29 is 14.3 Å². The summed E-state index contributed by atoms with van der Waals surface area (Å²) in [7, 11) is 3.12. The summed E-state index contributed by atoms with van der Waals surface area (Å²) in [6, 6.07) is 10.4. The number of para-hydroxylation sites is 1. The molecule has 1 unspecified atom stereocenters. The molecule has 1 aromatic heterocycles. The number of rotatable bonds is 7. The van der Waals surface area contributed by atoms with E-state index in [-0.39, 0.29) is 17.4 Å². The molecule has 1 aliphatic rings. The first-order valence-corrected chi connectivity index (χ1v) is 11.9. The fourth-order valence-corrected chi connectivity index (χ4v) is 4.87. The minimum absolute atomic E-state index is 0.0525. The molecule has 2 aromatic carbocycles. The van der Waals surface area contributed by atoms with Gasteiger partial charge in [0.05, 0.1) is 41.3 Å². The van der Waals surface area contributed by atoms with Crippen LogP contribution in [0.4, 0.5) is 0 Å². The second-order valence-corrected chi connectivity index (χ2v) is 9.01. The van der Waals surface area contributed by atoms with Gasteiger partial charge in [-0.3, -0.25) is 14.2 Å². The van der Waals surface area contributed by atoms with Crippen molar-refractivity contribution in [3.8, 4) is 17.2 Å². The second kappa shape index (κ2) is 9.55. The number of carbonyl (C=O) groups excluding carboxylic acids is 1. The van der Waals surface area contributed by atoms with Gasteiger partial charge in [0.15, 0.2) is 0 Å². The Kier molecular flexibility index (Phi) is 6.74. The van der Waals surface area contributed by atoms with Crippen LogP contribution in [0.25, 0.3) is 16.6 Å². The number of amides is 1. The molecule has 4 rings (SSSR count). The van der Waals surface area contributed by atoms with Crippen molar-refractivity contribution in [2.75, 3.05) is 20.8 Å². The monoisotopic (exact) mass is 513 g/mol. The predicted octanol–water partition coefficient (Wildman–Crippen LogP) is 4.88. The summed E-state index contributed by atoms with van der Waals surface area (Å²) in [5, 5.41) is 0.496. The van der Waals surface area contributed by atoms with Crippen LogP contribution in [0.2, 0.25) is 0 Å². The summed E-state index contributed by atoms with van der Waals surface area (Å²) in [5.41, 5.74) is 0.924. The molecule has 3 aromatic rings. The summed E-state index contributed by atoms with van der Waals surface area (Å²) in [6.45, 7) is 4.42. The first-order valence-electron chi connectivity index (χ1n) is 11.1. The molecule has 0 spiro atoms. The van der Waals surface area contributed by atoms with Gasteiger partial charge >= 0.3 is 0 Å². The highest BCUT2D eigenvalue weighted by Gasteiger charge is 2.33. The van der Waals surface area contributed by atoms with Gasteiger partial charge in [0.1, 0.15) is 17.3 Å². The number of halogens is 1. The minimum atomic E-state index is -0.412. The third kappa shape index (κ3) is 4.12. The summed E-state index contributed by atoms with van der Waals surface area (Å²) in [4.78, 5) is 33.7. The van der Waals surface area contributed by atoms with Crippen molar-refractivity contribution in [3.63, 3.8) is 0 Å². The van der Waals surface area contributed by atoms with E-state index in [9.17, 15) is 9.59 Å². The highest BCUT2D eigenvalue weighted by atomic mass is 79.9. The Morgan fingerprint density at radius 2 is 1.97 bits per heavy atom. The topological polar surface area (TPSA) is 73.7 Å². The van der Waals surface area contributed by atoms with Crippen LogP contribution in [0.1, 0.15) is 45.0 Å². The molecule has 1 amide bonds. The lowest BCUT2D eigenvalue weighted by molar-refractivity contribution is -0.140. The Balaban J connectivity index is 1.98. The lowest BCUT2D eigenvalue weighted by Gasteiger charge is -2.35. The number of hydrogen-bond donors (Lipinski definition) is 0. The van der Waals surface area contributed by atoms with Crippen LogP contribution in [0.15, 0.2) is 45.7 Å². The van der Waals surface area contributed by atoms with Crippen LogP contribution in [-0.4, -0.2) is 41.1 Å². The van der Waals surface area contributed by atoms with Crippen molar-refractivity contribution in [1.82, 2.24) is 14.5 Å². The quantitative estimate of drug-likeness (QED) is 0.450. The number of nitrogens with zero attached hydrogens (tertiary/aromatic N) is 3. The van der Waals surface area contributed by atoms with Crippen LogP contribution in [0, 0.1) is 5.92 Å². The molecule has 0 N–H and O–H groups in total. The first kappa shape index (κ1) is 23.3. The SMILES string of the molecule is CCN(C(=O)C1CCC1)C(C)c1nc2ccccc2c(=O)n1-c1cc(OC)cc(OC)c1Br.